The molecule has 64 valence electrons. The molecule has 1 aliphatic rings. The number of alkyl halides is 1. The van der Waals surface area contributed by atoms with Gasteiger partial charge in [0.2, 0.25) is 0 Å². The van der Waals surface area contributed by atoms with Crippen LogP contribution in [0, 0.1) is 13.8 Å². The van der Waals surface area contributed by atoms with Crippen LogP contribution in [-0.2, 0) is 0 Å². The van der Waals surface area contributed by atoms with Gasteiger partial charge >= 0.3 is 0 Å². The predicted molar refractivity (Wildman–Crippen MR) is 65.4 cm³/mol. The topological polar surface area (TPSA) is 0 Å². The molecule has 0 spiro atoms. The molecule has 0 N–H and O–H groups in total. The highest BCUT2D eigenvalue weighted by Gasteiger charge is 2.23. The van der Waals surface area contributed by atoms with Gasteiger partial charge in [-0.1, -0.05) is 58.2 Å². The van der Waals surface area contributed by atoms with Crippen LogP contribution in [0.3, 0.4) is 0 Å². The fraction of sp³-hybridized carbons (Fsp3) is 0.333. The van der Waals surface area contributed by atoms with Crippen molar-refractivity contribution in [3.05, 3.63) is 23.3 Å². The molecular weight excluding hydrogens is 299 g/mol. The van der Waals surface area contributed by atoms with Crippen molar-refractivity contribution in [2.45, 2.75) is 26.2 Å². The second-order valence-electron chi connectivity index (χ2n) is 2.87. The van der Waals surface area contributed by atoms with E-state index in [9.17, 15) is 0 Å². The van der Waals surface area contributed by atoms with Crippen LogP contribution in [0.5, 0.6) is 0 Å². The first-order chi connectivity index (χ1) is 5.68. The van der Waals surface area contributed by atoms with E-state index >= 15 is 0 Å². The van der Waals surface area contributed by atoms with Crippen molar-refractivity contribution in [2.75, 3.05) is 0 Å². The summed E-state index contributed by atoms with van der Waals surface area (Å²) in [6.45, 7) is 4.39. The highest BCUT2D eigenvalue weighted by atomic mass is 127. The Morgan fingerprint density at radius 2 is 1.50 bits per heavy atom. The molecular formula is C9H9IS2. The van der Waals surface area contributed by atoms with Crippen LogP contribution in [-0.4, -0.2) is 2.59 Å². The van der Waals surface area contributed by atoms with E-state index in [0.717, 1.165) is 0 Å². The fourth-order valence-electron chi connectivity index (χ4n) is 1.26. The van der Waals surface area contributed by atoms with E-state index in [-0.39, 0.29) is 0 Å². The van der Waals surface area contributed by atoms with Crippen molar-refractivity contribution in [3.63, 3.8) is 0 Å². The first kappa shape index (κ1) is 9.21. The molecule has 1 aromatic rings. The lowest BCUT2D eigenvalue weighted by atomic mass is 10.2. The summed E-state index contributed by atoms with van der Waals surface area (Å²) in [6.07, 6.45) is 0. The molecule has 0 atom stereocenters. The maximum absolute atomic E-state index is 2.49. The van der Waals surface area contributed by atoms with Crippen molar-refractivity contribution < 1.29 is 0 Å². The standard InChI is InChI=1S/C9H9IS2/c1-5-3-4-6(2)8-7(5)11-9(10)12-8/h3-4,9H,1-2H3. The first-order valence-electron chi connectivity index (χ1n) is 3.76. The van der Waals surface area contributed by atoms with Gasteiger partial charge in [-0.25, -0.2) is 0 Å². The van der Waals surface area contributed by atoms with Crippen LogP contribution in [0.1, 0.15) is 11.1 Å². The third-order valence-electron chi connectivity index (χ3n) is 1.93. The first-order valence-corrected chi connectivity index (χ1v) is 6.76. The number of hydrogen-bond donors (Lipinski definition) is 0. The van der Waals surface area contributed by atoms with Crippen molar-refractivity contribution >= 4 is 46.1 Å². The highest BCUT2D eigenvalue weighted by molar-refractivity contribution is 14.1. The molecule has 0 aromatic heterocycles. The lowest BCUT2D eigenvalue weighted by molar-refractivity contribution is 1.13. The molecule has 2 rings (SSSR count). The van der Waals surface area contributed by atoms with E-state index in [1.54, 1.807) is 0 Å². The van der Waals surface area contributed by atoms with E-state index < -0.39 is 0 Å². The normalized spacial score (nSPS) is 16.6. The molecule has 1 heterocycles. The summed E-state index contributed by atoms with van der Waals surface area (Å²) in [5.41, 5.74) is 2.85. The van der Waals surface area contributed by atoms with Gasteiger partial charge in [0.25, 0.3) is 0 Å². The Bertz CT molecular complexity index is 292. The molecule has 0 amide bonds. The highest BCUT2D eigenvalue weighted by Crippen LogP contribution is 2.53. The summed E-state index contributed by atoms with van der Waals surface area (Å²) in [5.74, 6) is 0. The van der Waals surface area contributed by atoms with Gasteiger partial charge in [0.1, 0.15) is 2.59 Å². The van der Waals surface area contributed by atoms with Crippen molar-refractivity contribution in [2.24, 2.45) is 0 Å². The second kappa shape index (κ2) is 3.42. The third-order valence-corrected chi connectivity index (χ3v) is 6.05. The zero-order valence-corrected chi connectivity index (χ0v) is 10.7. The number of benzene rings is 1. The minimum Gasteiger partial charge on any atom is -0.0991 e. The Morgan fingerprint density at radius 1 is 1.08 bits per heavy atom. The van der Waals surface area contributed by atoms with E-state index in [1.807, 2.05) is 23.5 Å². The summed E-state index contributed by atoms with van der Waals surface area (Å²) < 4.78 is 0.664. The fourth-order valence-corrected chi connectivity index (χ4v) is 5.26. The van der Waals surface area contributed by atoms with E-state index in [2.05, 4.69) is 48.6 Å². The van der Waals surface area contributed by atoms with E-state index in [0.29, 0.717) is 2.59 Å². The number of fused-ring (bicyclic) bond motifs is 1. The van der Waals surface area contributed by atoms with Crippen LogP contribution < -0.4 is 0 Å². The van der Waals surface area contributed by atoms with Gasteiger partial charge in [-0.15, -0.1) is 0 Å². The smallest absolute Gasteiger partial charge is 0.0991 e. The third kappa shape index (κ3) is 1.51. The Hall–Kier alpha value is 0.650. The van der Waals surface area contributed by atoms with Gasteiger partial charge < -0.3 is 0 Å². The summed E-state index contributed by atoms with van der Waals surface area (Å²) in [5, 5.41) is 0. The molecule has 0 nitrogen and oxygen atoms in total. The molecule has 0 fully saturated rings. The Labute approximate surface area is 95.0 Å². The van der Waals surface area contributed by atoms with Gasteiger partial charge in [-0.3, -0.25) is 0 Å². The van der Waals surface area contributed by atoms with E-state index in [1.165, 1.54) is 20.9 Å². The molecule has 1 aromatic carbocycles. The minimum atomic E-state index is 0.664. The van der Waals surface area contributed by atoms with Crippen LogP contribution in [0.25, 0.3) is 0 Å². The maximum atomic E-state index is 2.49. The average Bonchev–Trinajstić information content (AvgIpc) is 2.41. The second-order valence-corrected chi connectivity index (χ2v) is 8.33. The zero-order chi connectivity index (χ0) is 8.72. The Kier molecular flexibility index (Phi) is 2.63. The predicted octanol–water partition coefficient (Wildman–Crippen LogP) is 4.22. The molecule has 3 heteroatoms. The summed E-state index contributed by atoms with van der Waals surface area (Å²) in [4.78, 5) is 3.00. The van der Waals surface area contributed by atoms with Crippen molar-refractivity contribution in [1.82, 2.24) is 0 Å². The molecule has 0 saturated carbocycles. The number of rotatable bonds is 0. The van der Waals surface area contributed by atoms with Crippen LogP contribution in [0.4, 0.5) is 0 Å². The number of thioether (sulfide) groups is 2. The molecule has 0 aliphatic carbocycles. The van der Waals surface area contributed by atoms with Crippen LogP contribution in [0.2, 0.25) is 0 Å². The zero-order valence-electron chi connectivity index (χ0n) is 6.93. The molecule has 12 heavy (non-hydrogen) atoms. The van der Waals surface area contributed by atoms with Crippen molar-refractivity contribution in [3.8, 4) is 0 Å². The molecule has 0 radical (unpaired) electrons. The van der Waals surface area contributed by atoms with E-state index in [4.69, 9.17) is 0 Å². The number of halogens is 1. The largest absolute Gasteiger partial charge is 0.111 e. The number of hydrogen-bond acceptors (Lipinski definition) is 2. The SMILES string of the molecule is Cc1ccc(C)c2c1SC(I)S2. The lowest BCUT2D eigenvalue weighted by Crippen LogP contribution is -1.82. The Balaban J connectivity index is 2.56. The van der Waals surface area contributed by atoms with Crippen LogP contribution >= 0.6 is 46.1 Å². The van der Waals surface area contributed by atoms with Crippen molar-refractivity contribution in [1.29, 1.82) is 0 Å². The summed E-state index contributed by atoms with van der Waals surface area (Å²) >= 11 is 6.45. The van der Waals surface area contributed by atoms with Gasteiger partial charge in [-0.05, 0) is 25.0 Å². The minimum absolute atomic E-state index is 0.664. The van der Waals surface area contributed by atoms with Gasteiger partial charge in [0.05, 0.1) is 0 Å². The quantitative estimate of drug-likeness (QED) is 0.520. The number of aryl methyl sites for hydroxylation is 2. The molecule has 0 bridgehead atoms. The summed E-state index contributed by atoms with van der Waals surface area (Å²) in [6, 6.07) is 4.44. The maximum Gasteiger partial charge on any atom is 0.111 e. The van der Waals surface area contributed by atoms with Gasteiger partial charge in [0, 0.05) is 9.79 Å². The Morgan fingerprint density at radius 3 is 1.92 bits per heavy atom. The van der Waals surface area contributed by atoms with Gasteiger partial charge in [-0.2, -0.15) is 0 Å². The average molecular weight is 308 g/mol. The summed E-state index contributed by atoms with van der Waals surface area (Å²) in [7, 11) is 0. The van der Waals surface area contributed by atoms with Gasteiger partial charge in [0.15, 0.2) is 0 Å². The molecule has 1 aliphatic heterocycles. The lowest BCUT2D eigenvalue weighted by Gasteiger charge is -2.03. The monoisotopic (exact) mass is 308 g/mol. The molecule has 0 unspecified atom stereocenters. The molecule has 0 saturated heterocycles. The van der Waals surface area contributed by atoms with Crippen LogP contribution in [0.15, 0.2) is 21.9 Å².